The van der Waals surface area contributed by atoms with Gasteiger partial charge in [0.1, 0.15) is 17.4 Å². The summed E-state index contributed by atoms with van der Waals surface area (Å²) >= 11 is 12.5. The Balaban J connectivity index is 1.72. The minimum absolute atomic E-state index is 0.0104. The molecule has 1 aliphatic heterocycles. The number of rotatable bonds is 13. The zero-order valence-corrected chi connectivity index (χ0v) is 36.5. The van der Waals surface area contributed by atoms with Gasteiger partial charge in [0.25, 0.3) is 0 Å². The van der Waals surface area contributed by atoms with E-state index in [1.54, 1.807) is 59.9 Å². The molecular formula is C41H52Cl2F2N3O8P. The molecule has 1 amide bonds. The Morgan fingerprint density at radius 3 is 2.18 bits per heavy atom. The van der Waals surface area contributed by atoms with E-state index in [4.69, 9.17) is 46.2 Å². The number of anilines is 1. The molecule has 4 atom stereocenters. The Labute approximate surface area is 343 Å². The normalized spacial score (nSPS) is 20.5. The average Bonchev–Trinajstić information content (AvgIpc) is 3.36. The molecule has 0 radical (unpaired) electrons. The first-order valence-electron chi connectivity index (χ1n) is 18.2. The van der Waals surface area contributed by atoms with E-state index >= 15 is 8.78 Å². The topological polar surface area (TPSA) is 134 Å². The summed E-state index contributed by atoms with van der Waals surface area (Å²) in [5.74, 6) is -3.91. The highest BCUT2D eigenvalue weighted by atomic mass is 35.5. The predicted molar refractivity (Wildman–Crippen MR) is 219 cm³/mol. The minimum atomic E-state index is -4.17. The molecule has 57 heavy (non-hydrogen) atoms. The maximum Gasteiger partial charge on any atom is 0.478 e. The molecule has 0 saturated carbocycles. The molecule has 1 aliphatic rings. The first kappa shape index (κ1) is 46.3. The summed E-state index contributed by atoms with van der Waals surface area (Å²) in [6.45, 7) is 15.3. The summed E-state index contributed by atoms with van der Waals surface area (Å²) in [6, 6.07) is 11.0. The third-order valence-electron chi connectivity index (χ3n) is 8.83. The van der Waals surface area contributed by atoms with E-state index in [0.29, 0.717) is 6.42 Å². The van der Waals surface area contributed by atoms with Crippen molar-refractivity contribution in [1.82, 2.24) is 5.32 Å². The lowest BCUT2D eigenvalue weighted by molar-refractivity contribution is -0.118. The van der Waals surface area contributed by atoms with Crippen molar-refractivity contribution in [3.63, 3.8) is 0 Å². The molecule has 1 saturated heterocycles. The number of benzene rings is 3. The van der Waals surface area contributed by atoms with Gasteiger partial charge in [-0.25, -0.2) is 22.7 Å². The van der Waals surface area contributed by atoms with E-state index < -0.39 is 72.7 Å². The van der Waals surface area contributed by atoms with Crippen molar-refractivity contribution in [3.05, 3.63) is 93.0 Å². The van der Waals surface area contributed by atoms with E-state index in [1.165, 1.54) is 56.6 Å². The number of ether oxygens (including phenoxy) is 2. The van der Waals surface area contributed by atoms with Gasteiger partial charge in [0.2, 0.25) is 12.7 Å². The fourth-order valence-corrected chi connectivity index (χ4v) is 8.97. The number of nitrogens with zero attached hydrogens (tertiary/aromatic N) is 1. The molecule has 3 aromatic carbocycles. The van der Waals surface area contributed by atoms with E-state index in [-0.39, 0.29) is 43.6 Å². The van der Waals surface area contributed by atoms with Crippen molar-refractivity contribution >= 4 is 54.8 Å². The number of phosphoric acid groups is 1. The lowest BCUT2D eigenvalue weighted by Gasteiger charge is -2.40. The second kappa shape index (κ2) is 17.8. The van der Waals surface area contributed by atoms with Crippen LogP contribution in [0.25, 0.3) is 0 Å². The van der Waals surface area contributed by atoms with Gasteiger partial charge in [0.15, 0.2) is 0 Å². The molecule has 1 fully saturated rings. The van der Waals surface area contributed by atoms with Crippen LogP contribution < -0.4 is 15.4 Å². The molecule has 0 aromatic heterocycles. The minimum Gasteiger partial charge on any atom is -0.495 e. The van der Waals surface area contributed by atoms with Crippen LogP contribution >= 0.6 is 31.0 Å². The summed E-state index contributed by atoms with van der Waals surface area (Å²) in [5.41, 5.74) is -3.19. The van der Waals surface area contributed by atoms with Crippen LogP contribution in [0.4, 0.5) is 14.5 Å². The molecule has 312 valence electrons. The van der Waals surface area contributed by atoms with Crippen molar-refractivity contribution < 1.29 is 46.0 Å². The second-order valence-corrected chi connectivity index (χ2v) is 19.3. The first-order valence-corrected chi connectivity index (χ1v) is 20.5. The number of amides is 1. The van der Waals surface area contributed by atoms with Gasteiger partial charge in [-0.05, 0) is 95.3 Å². The Kier molecular flexibility index (Phi) is 14.5. The first-order chi connectivity index (χ1) is 26.3. The van der Waals surface area contributed by atoms with Crippen LogP contribution in [0.1, 0.15) is 96.1 Å². The third-order valence-corrected chi connectivity index (χ3v) is 11.3. The molecule has 16 heteroatoms. The second-order valence-electron chi connectivity index (χ2n) is 17.0. The van der Waals surface area contributed by atoms with Gasteiger partial charge in [-0.1, -0.05) is 62.2 Å². The lowest BCUT2D eigenvalue weighted by atomic mass is 9.62. The molecule has 3 aromatic rings. The van der Waals surface area contributed by atoms with Crippen LogP contribution in [-0.4, -0.2) is 62.3 Å². The van der Waals surface area contributed by atoms with Crippen molar-refractivity contribution in [2.75, 3.05) is 26.3 Å². The Morgan fingerprint density at radius 2 is 1.61 bits per heavy atom. The third kappa shape index (κ3) is 11.4. The van der Waals surface area contributed by atoms with E-state index in [0.717, 1.165) is 0 Å². The maximum atomic E-state index is 16.2. The van der Waals surface area contributed by atoms with Crippen LogP contribution in [0.3, 0.4) is 0 Å². The largest absolute Gasteiger partial charge is 0.495 e. The number of aliphatic imine (C=N–C) groups is 1. The quantitative estimate of drug-likeness (QED) is 0.0746. The highest BCUT2D eigenvalue weighted by molar-refractivity contribution is 7.48. The maximum absolute atomic E-state index is 16.2. The zero-order valence-electron chi connectivity index (χ0n) is 34.1. The van der Waals surface area contributed by atoms with Crippen molar-refractivity contribution in [1.29, 1.82) is 0 Å². The zero-order chi connectivity index (χ0) is 42.7. The number of nitrogens with one attached hydrogen (secondary N) is 2. The highest BCUT2D eigenvalue weighted by Gasteiger charge is 2.59. The van der Waals surface area contributed by atoms with E-state index in [9.17, 15) is 14.2 Å². The Morgan fingerprint density at radius 1 is 0.965 bits per heavy atom. The predicted octanol–water partition coefficient (Wildman–Crippen LogP) is 10.3. The molecule has 0 aliphatic carbocycles. The monoisotopic (exact) mass is 853 g/mol. The van der Waals surface area contributed by atoms with E-state index in [2.05, 4.69) is 15.6 Å². The van der Waals surface area contributed by atoms with Crippen LogP contribution in [-0.2, 0) is 33.1 Å². The fourth-order valence-electron chi connectivity index (χ4n) is 6.96. The SMILES string of the molecule is C/N=C\[C@]1(c2ccc(Cl)cc2F)[C@H](CC(C)(C)C)N[C@@H](C(=O)Nc2ccc(C(=O)OCOP(=O)(OC(C)(C)C)OC(C)(C)C)cc2OC)[C@@H]1c1cccc(Cl)c1F. The number of carbonyl (C=O) groups excluding carboxylic acids is 2. The number of halogens is 4. The summed E-state index contributed by atoms with van der Waals surface area (Å²) in [5, 5.41) is 6.27. The van der Waals surface area contributed by atoms with Gasteiger partial charge in [-0.3, -0.25) is 18.8 Å². The summed E-state index contributed by atoms with van der Waals surface area (Å²) in [6.07, 6.45) is 1.97. The van der Waals surface area contributed by atoms with Crippen LogP contribution in [0, 0.1) is 17.0 Å². The Hall–Kier alpha value is -3.42. The molecule has 2 N–H and O–H groups in total. The highest BCUT2D eigenvalue weighted by Crippen LogP contribution is 2.56. The average molecular weight is 855 g/mol. The summed E-state index contributed by atoms with van der Waals surface area (Å²) in [7, 11) is -1.29. The number of phosphoric ester groups is 1. The van der Waals surface area contributed by atoms with Crippen LogP contribution in [0.5, 0.6) is 5.75 Å². The number of hydrogen-bond donors (Lipinski definition) is 2. The smallest absolute Gasteiger partial charge is 0.478 e. The van der Waals surface area contributed by atoms with Crippen LogP contribution in [0.15, 0.2) is 59.6 Å². The number of carbonyl (C=O) groups is 2. The summed E-state index contributed by atoms with van der Waals surface area (Å²) < 4.78 is 73.1. The lowest BCUT2D eigenvalue weighted by Crippen LogP contribution is -2.47. The van der Waals surface area contributed by atoms with Crippen molar-refractivity contribution in [3.8, 4) is 5.75 Å². The molecule has 11 nitrogen and oxygen atoms in total. The Bertz CT molecular complexity index is 2010. The van der Waals surface area contributed by atoms with Crippen LogP contribution in [0.2, 0.25) is 10.0 Å². The molecule has 4 rings (SSSR count). The van der Waals surface area contributed by atoms with Gasteiger partial charge >= 0.3 is 13.8 Å². The molecule has 1 heterocycles. The summed E-state index contributed by atoms with van der Waals surface area (Å²) in [4.78, 5) is 32.1. The van der Waals surface area contributed by atoms with Gasteiger partial charge < -0.3 is 20.1 Å². The fraction of sp³-hybridized carbons (Fsp3) is 0.488. The molecule has 0 bridgehead atoms. The van der Waals surface area contributed by atoms with Crippen molar-refractivity contribution in [2.24, 2.45) is 10.4 Å². The van der Waals surface area contributed by atoms with Gasteiger partial charge in [0.05, 0.1) is 46.0 Å². The molecule has 0 spiro atoms. The number of esters is 1. The number of methoxy groups -OCH3 is 1. The van der Waals surface area contributed by atoms with Gasteiger partial charge in [-0.2, -0.15) is 0 Å². The van der Waals surface area contributed by atoms with Gasteiger partial charge in [0, 0.05) is 35.8 Å². The van der Waals surface area contributed by atoms with E-state index in [1.807, 2.05) is 20.8 Å². The standard InChI is InChI=1S/C41H52Cl2F2N3O8P/c1-38(2,3)21-32-41(22-46-10,27-17-16-25(42)20-29(27)44)33(26-13-12-14-28(43)34(26)45)35(48-32)36(49)47-30-18-15-24(19-31(30)52-11)37(50)53-23-54-57(51,55-39(4,5)6)56-40(7,8)9/h12-20,22,32-33,35,48H,21,23H2,1-11H3,(H,47,49)/b46-22-/t32-,33-,35+,41-/m0/s1. The van der Waals surface area contributed by atoms with Crippen molar-refractivity contribution in [2.45, 2.75) is 103 Å². The number of hydrogen-bond acceptors (Lipinski definition) is 10. The van der Waals surface area contributed by atoms with Gasteiger partial charge in [-0.15, -0.1) is 0 Å². The molecular weight excluding hydrogens is 802 g/mol. The molecule has 0 unspecified atom stereocenters.